The largest absolute Gasteiger partial charge is 0.493 e. The Morgan fingerprint density at radius 1 is 1.12 bits per heavy atom. The van der Waals surface area contributed by atoms with E-state index in [-0.39, 0.29) is 4.90 Å². The summed E-state index contributed by atoms with van der Waals surface area (Å²) in [7, 11) is -1.77. The van der Waals surface area contributed by atoms with Gasteiger partial charge in [0.15, 0.2) is 27.1 Å². The van der Waals surface area contributed by atoms with Gasteiger partial charge in [0.2, 0.25) is 0 Å². The first-order chi connectivity index (χ1) is 11.4. The molecule has 0 saturated carbocycles. The second kappa shape index (κ2) is 6.15. The van der Waals surface area contributed by atoms with Gasteiger partial charge in [0.25, 0.3) is 0 Å². The van der Waals surface area contributed by atoms with Crippen LogP contribution in [0.2, 0.25) is 0 Å². The van der Waals surface area contributed by atoms with Crippen molar-refractivity contribution in [3.05, 3.63) is 47.3 Å². The minimum absolute atomic E-state index is 0.213. The van der Waals surface area contributed by atoms with Crippen LogP contribution in [0.3, 0.4) is 0 Å². The van der Waals surface area contributed by atoms with Gasteiger partial charge >= 0.3 is 0 Å². The van der Waals surface area contributed by atoms with Crippen LogP contribution in [0.1, 0.15) is 4.88 Å². The molecule has 0 aliphatic carbocycles. The van der Waals surface area contributed by atoms with Gasteiger partial charge < -0.3 is 9.47 Å². The molecule has 1 aromatic heterocycles. The summed E-state index contributed by atoms with van der Waals surface area (Å²) in [6.07, 6.45) is 1.15. The third kappa shape index (κ3) is 2.94. The first-order valence-corrected chi connectivity index (χ1v) is 9.62. The Bertz CT molecular complexity index is 1060. The smallest absolute Gasteiger partial charge is 0.175 e. The monoisotopic (exact) mass is 359 g/mol. The molecule has 122 valence electrons. The van der Waals surface area contributed by atoms with Gasteiger partial charge in [0, 0.05) is 16.3 Å². The van der Waals surface area contributed by atoms with E-state index < -0.39 is 9.84 Å². The van der Waals surface area contributed by atoms with Gasteiger partial charge in [-0.15, -0.1) is 11.3 Å². The minimum Gasteiger partial charge on any atom is -0.493 e. The van der Waals surface area contributed by atoms with Crippen molar-refractivity contribution >= 4 is 31.3 Å². The van der Waals surface area contributed by atoms with Gasteiger partial charge in [-0.25, -0.2) is 8.42 Å². The van der Waals surface area contributed by atoms with Crippen LogP contribution < -0.4 is 9.47 Å². The highest BCUT2D eigenvalue weighted by Crippen LogP contribution is 2.42. The maximum Gasteiger partial charge on any atom is 0.175 e. The first kappa shape index (κ1) is 16.3. The van der Waals surface area contributed by atoms with Crippen molar-refractivity contribution in [3.8, 4) is 23.3 Å². The fourth-order valence-electron chi connectivity index (χ4n) is 2.27. The predicted octanol–water partition coefficient (Wildman–Crippen LogP) is 3.98. The van der Waals surface area contributed by atoms with E-state index in [1.807, 2.05) is 6.07 Å². The van der Waals surface area contributed by atoms with Crippen molar-refractivity contribution in [2.75, 3.05) is 13.4 Å². The zero-order chi connectivity index (χ0) is 17.3. The van der Waals surface area contributed by atoms with Crippen LogP contribution in [-0.2, 0) is 9.84 Å². The normalized spacial score (nSPS) is 11.2. The fourth-order valence-corrected chi connectivity index (χ4v) is 3.96. The number of hydrogen-bond donors (Lipinski definition) is 0. The van der Waals surface area contributed by atoms with Crippen LogP contribution in [0.5, 0.6) is 17.2 Å². The van der Waals surface area contributed by atoms with Gasteiger partial charge in [-0.2, -0.15) is 5.26 Å². The number of benzene rings is 2. The van der Waals surface area contributed by atoms with Crippen molar-refractivity contribution in [2.45, 2.75) is 4.90 Å². The molecule has 0 aliphatic heterocycles. The van der Waals surface area contributed by atoms with E-state index in [1.54, 1.807) is 30.3 Å². The Morgan fingerprint density at radius 2 is 1.83 bits per heavy atom. The number of thiophene rings is 1. The van der Waals surface area contributed by atoms with Crippen molar-refractivity contribution in [1.29, 1.82) is 5.26 Å². The summed E-state index contributed by atoms with van der Waals surface area (Å²) in [5.74, 6) is 1.44. The highest BCUT2D eigenvalue weighted by atomic mass is 32.2. The quantitative estimate of drug-likeness (QED) is 0.704. The molecule has 3 aromatic rings. The summed E-state index contributed by atoms with van der Waals surface area (Å²) < 4.78 is 35.3. The molecule has 3 rings (SSSR count). The SMILES string of the molecule is COc1ccccc1Oc1c(C#N)sc2cc(S(C)(=O)=O)ccc12. The molecule has 24 heavy (non-hydrogen) atoms. The van der Waals surface area contributed by atoms with Gasteiger partial charge in [-0.1, -0.05) is 12.1 Å². The van der Waals surface area contributed by atoms with E-state index in [2.05, 4.69) is 6.07 Å². The van der Waals surface area contributed by atoms with Gasteiger partial charge in [0.05, 0.1) is 12.0 Å². The van der Waals surface area contributed by atoms with E-state index in [9.17, 15) is 13.7 Å². The standard InChI is InChI=1S/C17H13NO4S2/c1-21-13-5-3-4-6-14(13)22-17-12-8-7-11(24(2,19)20)9-15(12)23-16(17)10-18/h3-9H,1-2H3. The average molecular weight is 359 g/mol. The van der Waals surface area contributed by atoms with Gasteiger partial charge in [-0.05, 0) is 30.3 Å². The minimum atomic E-state index is -3.31. The summed E-state index contributed by atoms with van der Waals surface area (Å²) in [5, 5.41) is 10.1. The van der Waals surface area contributed by atoms with Gasteiger partial charge in [-0.3, -0.25) is 0 Å². The third-order valence-corrected chi connectivity index (χ3v) is 5.58. The molecule has 0 aliphatic rings. The Balaban J connectivity index is 2.15. The van der Waals surface area contributed by atoms with E-state index in [0.717, 1.165) is 6.26 Å². The third-order valence-electron chi connectivity index (χ3n) is 3.43. The highest BCUT2D eigenvalue weighted by molar-refractivity contribution is 7.90. The molecule has 0 bridgehead atoms. The van der Waals surface area contributed by atoms with Crippen molar-refractivity contribution in [3.63, 3.8) is 0 Å². The molecule has 0 atom stereocenters. The van der Waals surface area contributed by atoms with Crippen LogP contribution in [0.4, 0.5) is 0 Å². The van der Waals surface area contributed by atoms with Crippen LogP contribution >= 0.6 is 11.3 Å². The molecule has 2 aromatic carbocycles. The van der Waals surface area contributed by atoms with Crippen molar-refractivity contribution < 1.29 is 17.9 Å². The molecule has 0 amide bonds. The summed E-state index contributed by atoms with van der Waals surface area (Å²) >= 11 is 1.20. The number of hydrogen-bond acceptors (Lipinski definition) is 6. The molecule has 0 unspecified atom stereocenters. The maximum atomic E-state index is 11.7. The fraction of sp³-hybridized carbons (Fsp3) is 0.118. The molecule has 0 fully saturated rings. The number of rotatable bonds is 4. The first-order valence-electron chi connectivity index (χ1n) is 6.91. The van der Waals surface area contributed by atoms with E-state index in [4.69, 9.17) is 9.47 Å². The van der Waals surface area contributed by atoms with Gasteiger partial charge in [0.1, 0.15) is 10.9 Å². The van der Waals surface area contributed by atoms with Crippen LogP contribution in [-0.4, -0.2) is 21.8 Å². The van der Waals surface area contributed by atoms with E-state index in [1.165, 1.54) is 24.5 Å². The Kier molecular flexibility index (Phi) is 4.18. The highest BCUT2D eigenvalue weighted by Gasteiger charge is 2.18. The molecular weight excluding hydrogens is 346 g/mol. The Morgan fingerprint density at radius 3 is 2.46 bits per heavy atom. The second-order valence-electron chi connectivity index (χ2n) is 5.06. The number of para-hydroxylation sites is 2. The number of ether oxygens (including phenoxy) is 2. The van der Waals surface area contributed by atoms with Crippen LogP contribution in [0, 0.1) is 11.3 Å². The molecule has 0 saturated heterocycles. The number of sulfone groups is 1. The maximum absolute atomic E-state index is 11.7. The molecule has 0 radical (unpaired) electrons. The van der Waals surface area contributed by atoms with Crippen molar-refractivity contribution in [1.82, 2.24) is 0 Å². The molecule has 5 nitrogen and oxygen atoms in total. The number of fused-ring (bicyclic) bond motifs is 1. The summed E-state index contributed by atoms with van der Waals surface area (Å²) in [5.41, 5.74) is 0. The summed E-state index contributed by atoms with van der Waals surface area (Å²) in [6.45, 7) is 0. The Labute approximate surface area is 143 Å². The second-order valence-corrected chi connectivity index (χ2v) is 8.12. The molecule has 0 N–H and O–H groups in total. The zero-order valence-corrected chi connectivity index (χ0v) is 14.6. The zero-order valence-electron chi connectivity index (χ0n) is 12.9. The summed E-state index contributed by atoms with van der Waals surface area (Å²) in [6, 6.07) is 14.0. The lowest BCUT2D eigenvalue weighted by atomic mass is 10.2. The van der Waals surface area contributed by atoms with Crippen LogP contribution in [0.15, 0.2) is 47.4 Å². The molecular formula is C17H13NO4S2. The molecule has 1 heterocycles. The Hall–Kier alpha value is -2.56. The average Bonchev–Trinajstić information content (AvgIpc) is 2.91. The lowest BCUT2D eigenvalue weighted by Crippen LogP contribution is -1.96. The van der Waals surface area contributed by atoms with Crippen LogP contribution in [0.25, 0.3) is 10.1 Å². The summed E-state index contributed by atoms with van der Waals surface area (Å²) in [4.78, 5) is 0.589. The number of nitriles is 1. The van der Waals surface area contributed by atoms with E-state index in [0.29, 0.717) is 32.2 Å². The van der Waals surface area contributed by atoms with E-state index >= 15 is 0 Å². The molecule has 0 spiro atoms. The lowest BCUT2D eigenvalue weighted by molar-refractivity contribution is 0.380. The number of methoxy groups -OCH3 is 1. The van der Waals surface area contributed by atoms with Crippen molar-refractivity contribution in [2.24, 2.45) is 0 Å². The lowest BCUT2D eigenvalue weighted by Gasteiger charge is -2.09. The topological polar surface area (TPSA) is 76.4 Å². The predicted molar refractivity (Wildman–Crippen MR) is 92.7 cm³/mol. The number of nitrogens with zero attached hydrogens (tertiary/aromatic N) is 1. The molecule has 7 heteroatoms.